The molecule has 0 heterocycles. The van der Waals surface area contributed by atoms with E-state index in [4.69, 9.17) is 4.74 Å². The van der Waals surface area contributed by atoms with Crippen molar-refractivity contribution in [3.63, 3.8) is 0 Å². The quantitative estimate of drug-likeness (QED) is 0.805. The Bertz CT molecular complexity index is 675. The van der Waals surface area contributed by atoms with Gasteiger partial charge in [0.1, 0.15) is 5.75 Å². The van der Waals surface area contributed by atoms with E-state index in [1.807, 2.05) is 49.4 Å². The first-order valence-corrected chi connectivity index (χ1v) is 7.95. The van der Waals surface area contributed by atoms with Gasteiger partial charge in [0.25, 0.3) is 0 Å². The van der Waals surface area contributed by atoms with Gasteiger partial charge in [-0.05, 0) is 36.5 Å². The zero-order valence-electron chi connectivity index (χ0n) is 14.5. The van der Waals surface area contributed by atoms with Gasteiger partial charge in [-0.3, -0.25) is 5.32 Å². The monoisotopic (exact) mass is 311 g/mol. The van der Waals surface area contributed by atoms with Crippen molar-refractivity contribution in [2.45, 2.75) is 40.0 Å². The number of carbonyl (C=O) groups is 1. The van der Waals surface area contributed by atoms with Gasteiger partial charge < -0.3 is 4.74 Å². The number of para-hydroxylation sites is 1. The highest BCUT2D eigenvalue weighted by Crippen LogP contribution is 2.38. The molecule has 2 aromatic rings. The number of hydrogen-bond acceptors (Lipinski definition) is 2. The maximum atomic E-state index is 12.2. The number of rotatable bonds is 4. The lowest BCUT2D eigenvalue weighted by Gasteiger charge is -2.31. The van der Waals surface area contributed by atoms with Crippen LogP contribution in [-0.4, -0.2) is 6.09 Å². The molecular weight excluding hydrogens is 286 g/mol. The van der Waals surface area contributed by atoms with Crippen molar-refractivity contribution < 1.29 is 9.53 Å². The Morgan fingerprint density at radius 1 is 1.09 bits per heavy atom. The number of benzene rings is 2. The maximum absolute atomic E-state index is 12.2. The molecule has 0 fully saturated rings. The van der Waals surface area contributed by atoms with Gasteiger partial charge in [0.05, 0.1) is 0 Å². The average molecular weight is 311 g/mol. The van der Waals surface area contributed by atoms with Crippen molar-refractivity contribution in [2.24, 2.45) is 5.92 Å². The predicted molar refractivity (Wildman–Crippen MR) is 95.1 cm³/mol. The SMILES string of the molecule is Cc1ccc(OC(=O)Nc2ccccc2)c(C(C)(C)C(C)C)c1. The van der Waals surface area contributed by atoms with E-state index in [-0.39, 0.29) is 5.41 Å². The van der Waals surface area contributed by atoms with Crippen molar-refractivity contribution >= 4 is 11.8 Å². The van der Waals surface area contributed by atoms with Crippen LogP contribution in [0.4, 0.5) is 10.5 Å². The molecule has 1 amide bonds. The summed E-state index contributed by atoms with van der Waals surface area (Å²) >= 11 is 0. The summed E-state index contributed by atoms with van der Waals surface area (Å²) in [5.41, 5.74) is 2.84. The zero-order valence-corrected chi connectivity index (χ0v) is 14.5. The van der Waals surface area contributed by atoms with Gasteiger partial charge in [-0.15, -0.1) is 0 Å². The Labute approximate surface area is 138 Å². The number of hydrogen-bond donors (Lipinski definition) is 1. The van der Waals surface area contributed by atoms with Gasteiger partial charge in [0.15, 0.2) is 0 Å². The van der Waals surface area contributed by atoms with E-state index < -0.39 is 6.09 Å². The van der Waals surface area contributed by atoms with Crippen LogP contribution in [0.15, 0.2) is 48.5 Å². The average Bonchev–Trinajstić information content (AvgIpc) is 2.49. The Balaban J connectivity index is 2.24. The fourth-order valence-corrected chi connectivity index (χ4v) is 2.31. The molecule has 0 aliphatic carbocycles. The highest BCUT2D eigenvalue weighted by atomic mass is 16.6. The molecule has 2 aromatic carbocycles. The first-order chi connectivity index (χ1) is 10.8. The summed E-state index contributed by atoms with van der Waals surface area (Å²) in [7, 11) is 0. The molecule has 23 heavy (non-hydrogen) atoms. The van der Waals surface area contributed by atoms with Crippen molar-refractivity contribution in [3.8, 4) is 5.75 Å². The molecule has 0 spiro atoms. The Morgan fingerprint density at radius 2 is 1.74 bits per heavy atom. The molecule has 3 nitrogen and oxygen atoms in total. The topological polar surface area (TPSA) is 38.3 Å². The first kappa shape index (κ1) is 17.1. The van der Waals surface area contributed by atoms with Crippen LogP contribution in [0.3, 0.4) is 0 Å². The molecule has 1 N–H and O–H groups in total. The molecule has 0 bridgehead atoms. The Morgan fingerprint density at radius 3 is 2.35 bits per heavy atom. The van der Waals surface area contributed by atoms with Crippen molar-refractivity contribution in [2.75, 3.05) is 5.32 Å². The highest BCUT2D eigenvalue weighted by molar-refractivity contribution is 5.86. The second-order valence-corrected chi connectivity index (χ2v) is 6.76. The lowest BCUT2D eigenvalue weighted by molar-refractivity contribution is 0.213. The number of amides is 1. The zero-order chi connectivity index (χ0) is 17.0. The van der Waals surface area contributed by atoms with Gasteiger partial charge in [0.2, 0.25) is 0 Å². The molecule has 122 valence electrons. The number of ether oxygens (including phenoxy) is 1. The van der Waals surface area contributed by atoms with E-state index in [2.05, 4.69) is 39.1 Å². The predicted octanol–water partition coefficient (Wildman–Crippen LogP) is 5.54. The molecule has 0 atom stereocenters. The third-order valence-corrected chi connectivity index (χ3v) is 4.50. The molecule has 0 radical (unpaired) electrons. The van der Waals surface area contributed by atoms with Crippen molar-refractivity contribution in [1.82, 2.24) is 0 Å². The molecule has 2 rings (SSSR count). The third kappa shape index (κ3) is 4.13. The molecule has 0 saturated heterocycles. The van der Waals surface area contributed by atoms with E-state index in [9.17, 15) is 4.79 Å². The molecule has 0 aliphatic rings. The van der Waals surface area contributed by atoms with E-state index >= 15 is 0 Å². The maximum Gasteiger partial charge on any atom is 0.417 e. The summed E-state index contributed by atoms with van der Waals surface area (Å²) in [5.74, 6) is 1.03. The normalized spacial score (nSPS) is 11.4. The molecular formula is C20H25NO2. The summed E-state index contributed by atoms with van der Waals surface area (Å²) in [5, 5.41) is 2.75. The minimum absolute atomic E-state index is 0.0889. The van der Waals surface area contributed by atoms with Crippen LogP contribution in [0.5, 0.6) is 5.75 Å². The van der Waals surface area contributed by atoms with Crippen molar-refractivity contribution in [1.29, 1.82) is 0 Å². The van der Waals surface area contributed by atoms with Gasteiger partial charge >= 0.3 is 6.09 Å². The van der Waals surface area contributed by atoms with E-state index in [1.165, 1.54) is 0 Å². The second kappa shape index (κ2) is 6.86. The van der Waals surface area contributed by atoms with E-state index in [0.717, 1.165) is 11.1 Å². The summed E-state index contributed by atoms with van der Waals surface area (Å²) < 4.78 is 5.59. The van der Waals surface area contributed by atoms with Crippen LogP contribution in [0.25, 0.3) is 0 Å². The third-order valence-electron chi connectivity index (χ3n) is 4.50. The van der Waals surface area contributed by atoms with Crippen molar-refractivity contribution in [3.05, 3.63) is 59.7 Å². The van der Waals surface area contributed by atoms with E-state index in [1.54, 1.807) is 0 Å². The summed E-state index contributed by atoms with van der Waals surface area (Å²) in [6.07, 6.45) is -0.471. The lowest BCUT2D eigenvalue weighted by Crippen LogP contribution is -2.27. The Kier molecular flexibility index (Phi) is 5.09. The molecule has 0 aromatic heterocycles. The van der Waals surface area contributed by atoms with Crippen LogP contribution in [0, 0.1) is 12.8 Å². The number of anilines is 1. The molecule has 0 saturated carbocycles. The van der Waals surface area contributed by atoms with Gasteiger partial charge in [0, 0.05) is 11.3 Å². The summed E-state index contributed by atoms with van der Waals surface area (Å²) in [6.45, 7) is 10.8. The van der Waals surface area contributed by atoms with E-state index in [0.29, 0.717) is 17.4 Å². The Hall–Kier alpha value is -2.29. The fourth-order valence-electron chi connectivity index (χ4n) is 2.31. The standard InChI is InChI=1S/C20H25NO2/c1-14(2)20(4,5)17-13-15(3)11-12-18(17)23-19(22)21-16-9-7-6-8-10-16/h6-14H,1-5H3,(H,21,22). The minimum Gasteiger partial charge on any atom is -0.410 e. The molecule has 0 aliphatic heterocycles. The summed E-state index contributed by atoms with van der Waals surface area (Å²) in [4.78, 5) is 12.2. The fraction of sp³-hybridized carbons (Fsp3) is 0.350. The minimum atomic E-state index is -0.471. The van der Waals surface area contributed by atoms with Crippen LogP contribution in [-0.2, 0) is 5.41 Å². The second-order valence-electron chi connectivity index (χ2n) is 6.76. The smallest absolute Gasteiger partial charge is 0.410 e. The number of nitrogens with one attached hydrogen (secondary N) is 1. The lowest BCUT2D eigenvalue weighted by atomic mass is 9.74. The van der Waals surface area contributed by atoms with Crippen LogP contribution in [0.1, 0.15) is 38.8 Å². The van der Waals surface area contributed by atoms with Crippen LogP contribution < -0.4 is 10.1 Å². The largest absolute Gasteiger partial charge is 0.417 e. The molecule has 3 heteroatoms. The van der Waals surface area contributed by atoms with Gasteiger partial charge in [-0.1, -0.05) is 63.6 Å². The number of aryl methyl sites for hydroxylation is 1. The number of carbonyl (C=O) groups excluding carboxylic acids is 1. The van der Waals surface area contributed by atoms with Crippen LogP contribution in [0.2, 0.25) is 0 Å². The van der Waals surface area contributed by atoms with Gasteiger partial charge in [-0.25, -0.2) is 4.79 Å². The first-order valence-electron chi connectivity index (χ1n) is 7.95. The molecule has 0 unspecified atom stereocenters. The highest BCUT2D eigenvalue weighted by Gasteiger charge is 2.29. The van der Waals surface area contributed by atoms with Crippen LogP contribution >= 0.6 is 0 Å². The summed E-state index contributed by atoms with van der Waals surface area (Å²) in [6, 6.07) is 15.2. The van der Waals surface area contributed by atoms with Gasteiger partial charge in [-0.2, -0.15) is 0 Å².